The molecule has 1 heterocycles. The zero-order valence-electron chi connectivity index (χ0n) is 14.8. The standard InChI is InChI=1S/C18H15F3N6O2/c19-18(20,21)14-8-4-7-13(9-14)16-24-26-27(25-16)11-15(28)23-17(29)22-10-12-5-2-1-3-6-12/h1-9H,10-11H2,(H2,22,23,28,29). The summed E-state index contributed by atoms with van der Waals surface area (Å²) in [5.41, 5.74) is 0.116. The number of alkyl halides is 3. The van der Waals surface area contributed by atoms with Gasteiger partial charge in [0.25, 0.3) is 5.91 Å². The molecule has 29 heavy (non-hydrogen) atoms. The SMILES string of the molecule is O=C(Cn1nnc(-c2cccc(C(F)(F)F)c2)n1)NC(=O)NCc1ccccc1. The van der Waals surface area contributed by atoms with Crippen LogP contribution in [0.2, 0.25) is 0 Å². The first kappa shape index (κ1) is 20.0. The third-order valence-electron chi connectivity index (χ3n) is 3.73. The number of urea groups is 1. The maximum absolute atomic E-state index is 12.8. The van der Waals surface area contributed by atoms with Crippen molar-refractivity contribution >= 4 is 11.9 Å². The van der Waals surface area contributed by atoms with Gasteiger partial charge in [0.1, 0.15) is 6.54 Å². The Balaban J connectivity index is 1.56. The average molecular weight is 404 g/mol. The molecular formula is C18H15F3N6O2. The minimum absolute atomic E-state index is 0.0718. The van der Waals surface area contributed by atoms with E-state index in [-0.39, 0.29) is 17.9 Å². The topological polar surface area (TPSA) is 102 Å². The molecule has 0 saturated carbocycles. The highest BCUT2D eigenvalue weighted by molar-refractivity contribution is 5.94. The van der Waals surface area contributed by atoms with Crippen LogP contribution in [0.3, 0.4) is 0 Å². The van der Waals surface area contributed by atoms with Crippen molar-refractivity contribution in [1.82, 2.24) is 30.8 Å². The summed E-state index contributed by atoms with van der Waals surface area (Å²) in [6, 6.07) is 12.8. The molecule has 0 atom stereocenters. The Labute approximate surface area is 162 Å². The summed E-state index contributed by atoms with van der Waals surface area (Å²) in [6.07, 6.45) is -4.50. The summed E-state index contributed by atoms with van der Waals surface area (Å²) in [6.45, 7) is -0.189. The van der Waals surface area contributed by atoms with Gasteiger partial charge in [-0.2, -0.15) is 18.0 Å². The minimum Gasteiger partial charge on any atom is -0.334 e. The molecule has 0 spiro atoms. The van der Waals surface area contributed by atoms with Gasteiger partial charge in [0.05, 0.1) is 5.56 Å². The van der Waals surface area contributed by atoms with Crippen molar-refractivity contribution in [1.29, 1.82) is 0 Å². The van der Waals surface area contributed by atoms with Crippen LogP contribution in [0.5, 0.6) is 0 Å². The Morgan fingerprint density at radius 2 is 1.79 bits per heavy atom. The van der Waals surface area contributed by atoms with Gasteiger partial charge in [0.2, 0.25) is 5.82 Å². The molecule has 0 saturated heterocycles. The van der Waals surface area contributed by atoms with Crippen LogP contribution in [0.25, 0.3) is 11.4 Å². The summed E-state index contributed by atoms with van der Waals surface area (Å²) in [5.74, 6) is -0.777. The predicted octanol–water partition coefficient (Wildman–Crippen LogP) is 2.38. The van der Waals surface area contributed by atoms with E-state index in [0.29, 0.717) is 0 Å². The second kappa shape index (κ2) is 8.50. The molecule has 0 bridgehead atoms. The minimum atomic E-state index is -4.50. The number of tetrazole rings is 1. The zero-order chi connectivity index (χ0) is 20.9. The normalized spacial score (nSPS) is 11.1. The molecule has 0 fully saturated rings. The van der Waals surface area contributed by atoms with Crippen molar-refractivity contribution in [3.8, 4) is 11.4 Å². The largest absolute Gasteiger partial charge is 0.416 e. The van der Waals surface area contributed by atoms with Gasteiger partial charge in [-0.25, -0.2) is 4.79 Å². The fraction of sp³-hybridized carbons (Fsp3) is 0.167. The molecule has 2 N–H and O–H groups in total. The molecule has 1 aromatic heterocycles. The Bertz CT molecular complexity index is 1000. The molecule has 8 nitrogen and oxygen atoms in total. The van der Waals surface area contributed by atoms with Crippen LogP contribution in [0.1, 0.15) is 11.1 Å². The van der Waals surface area contributed by atoms with Crippen LogP contribution >= 0.6 is 0 Å². The maximum atomic E-state index is 12.8. The van der Waals surface area contributed by atoms with Crippen LogP contribution in [-0.4, -0.2) is 32.1 Å². The molecule has 0 aliphatic carbocycles. The molecule has 0 unspecified atom stereocenters. The highest BCUT2D eigenvalue weighted by atomic mass is 19.4. The van der Waals surface area contributed by atoms with Crippen LogP contribution in [0.4, 0.5) is 18.0 Å². The highest BCUT2D eigenvalue weighted by Crippen LogP contribution is 2.31. The molecule has 11 heteroatoms. The lowest BCUT2D eigenvalue weighted by atomic mass is 10.1. The Kier molecular flexibility index (Phi) is 5.86. The van der Waals surface area contributed by atoms with Gasteiger partial charge in [-0.05, 0) is 22.9 Å². The number of benzene rings is 2. The fourth-order valence-electron chi connectivity index (χ4n) is 2.38. The molecule has 3 rings (SSSR count). The van der Waals surface area contributed by atoms with Gasteiger partial charge in [-0.15, -0.1) is 10.2 Å². The van der Waals surface area contributed by atoms with E-state index < -0.39 is 30.2 Å². The summed E-state index contributed by atoms with van der Waals surface area (Å²) in [7, 11) is 0. The molecule has 0 radical (unpaired) electrons. The molecule has 3 aromatic rings. The maximum Gasteiger partial charge on any atom is 0.416 e. The summed E-state index contributed by atoms with van der Waals surface area (Å²) < 4.78 is 38.4. The first-order chi connectivity index (χ1) is 13.8. The first-order valence-electron chi connectivity index (χ1n) is 8.38. The van der Waals surface area contributed by atoms with Gasteiger partial charge in [0.15, 0.2) is 0 Å². The Morgan fingerprint density at radius 1 is 1.03 bits per heavy atom. The van der Waals surface area contributed by atoms with E-state index in [2.05, 4.69) is 26.0 Å². The van der Waals surface area contributed by atoms with E-state index in [4.69, 9.17) is 0 Å². The van der Waals surface area contributed by atoms with Gasteiger partial charge in [-0.3, -0.25) is 10.1 Å². The molecule has 150 valence electrons. The number of halogens is 3. The second-order valence-electron chi connectivity index (χ2n) is 5.94. The van der Waals surface area contributed by atoms with Crippen molar-refractivity contribution in [3.05, 3.63) is 65.7 Å². The van der Waals surface area contributed by atoms with Crippen molar-refractivity contribution < 1.29 is 22.8 Å². The summed E-state index contributed by atoms with van der Waals surface area (Å²) >= 11 is 0. The van der Waals surface area contributed by atoms with Crippen LogP contribution < -0.4 is 10.6 Å². The smallest absolute Gasteiger partial charge is 0.334 e. The van der Waals surface area contributed by atoms with Gasteiger partial charge < -0.3 is 5.32 Å². The fourth-order valence-corrected chi connectivity index (χ4v) is 2.38. The lowest BCUT2D eigenvalue weighted by molar-refractivity contribution is -0.137. The van der Waals surface area contributed by atoms with E-state index in [1.54, 1.807) is 0 Å². The number of aromatic nitrogens is 4. The molecule has 3 amide bonds. The van der Waals surface area contributed by atoms with Gasteiger partial charge in [0, 0.05) is 12.1 Å². The van der Waals surface area contributed by atoms with Crippen LogP contribution in [0, 0.1) is 0 Å². The van der Waals surface area contributed by atoms with Crippen LogP contribution in [0.15, 0.2) is 54.6 Å². The Hall–Kier alpha value is -3.76. The number of nitrogens with zero attached hydrogens (tertiary/aromatic N) is 4. The van der Waals surface area contributed by atoms with E-state index in [9.17, 15) is 22.8 Å². The second-order valence-corrected chi connectivity index (χ2v) is 5.94. The number of amides is 3. The number of carbonyl (C=O) groups excluding carboxylic acids is 2. The lowest BCUT2D eigenvalue weighted by Gasteiger charge is -2.07. The first-order valence-corrected chi connectivity index (χ1v) is 8.38. The third kappa shape index (κ3) is 5.61. The molecular weight excluding hydrogens is 389 g/mol. The number of hydrogen-bond acceptors (Lipinski definition) is 5. The number of rotatable bonds is 5. The number of carbonyl (C=O) groups is 2. The summed E-state index contributed by atoms with van der Waals surface area (Å²) in [5, 5.41) is 15.8. The van der Waals surface area contributed by atoms with E-state index in [0.717, 1.165) is 22.5 Å². The summed E-state index contributed by atoms with van der Waals surface area (Å²) in [4.78, 5) is 24.6. The number of imide groups is 1. The van der Waals surface area contributed by atoms with E-state index >= 15 is 0 Å². The average Bonchev–Trinajstić information content (AvgIpc) is 3.15. The van der Waals surface area contributed by atoms with Crippen LogP contribution in [-0.2, 0) is 24.1 Å². The van der Waals surface area contributed by atoms with E-state index in [1.165, 1.54) is 12.1 Å². The van der Waals surface area contributed by atoms with Gasteiger partial charge in [-0.1, -0.05) is 42.5 Å². The zero-order valence-corrected chi connectivity index (χ0v) is 14.8. The molecule has 2 aromatic carbocycles. The monoisotopic (exact) mass is 404 g/mol. The number of nitrogens with one attached hydrogen (secondary N) is 2. The quantitative estimate of drug-likeness (QED) is 0.680. The molecule has 0 aliphatic heterocycles. The number of hydrogen-bond donors (Lipinski definition) is 2. The predicted molar refractivity (Wildman–Crippen MR) is 95.1 cm³/mol. The van der Waals surface area contributed by atoms with Crippen molar-refractivity contribution in [2.45, 2.75) is 19.3 Å². The van der Waals surface area contributed by atoms with Crippen molar-refractivity contribution in [3.63, 3.8) is 0 Å². The van der Waals surface area contributed by atoms with Crippen molar-refractivity contribution in [2.24, 2.45) is 0 Å². The highest BCUT2D eigenvalue weighted by Gasteiger charge is 2.30. The van der Waals surface area contributed by atoms with E-state index in [1.807, 2.05) is 30.3 Å². The van der Waals surface area contributed by atoms with Crippen molar-refractivity contribution in [2.75, 3.05) is 0 Å². The van der Waals surface area contributed by atoms with Gasteiger partial charge >= 0.3 is 12.2 Å². The molecule has 0 aliphatic rings. The lowest BCUT2D eigenvalue weighted by Crippen LogP contribution is -2.40. The third-order valence-corrected chi connectivity index (χ3v) is 3.73. The Morgan fingerprint density at radius 3 is 2.52 bits per heavy atom.